The Kier molecular flexibility index (Phi) is 6.74. The van der Waals surface area contributed by atoms with Crippen molar-refractivity contribution < 1.29 is 13.2 Å². The molecule has 1 amide bonds. The summed E-state index contributed by atoms with van der Waals surface area (Å²) in [6, 6.07) is 21.1. The third-order valence-electron chi connectivity index (χ3n) is 5.37. The van der Waals surface area contributed by atoms with Crippen LogP contribution in [0.3, 0.4) is 0 Å². The van der Waals surface area contributed by atoms with E-state index in [9.17, 15) is 13.2 Å². The van der Waals surface area contributed by atoms with Gasteiger partial charge < -0.3 is 5.32 Å². The smallest absolute Gasteiger partial charge is 0.261 e. The summed E-state index contributed by atoms with van der Waals surface area (Å²) in [5, 5.41) is 2.97. The second-order valence-electron chi connectivity index (χ2n) is 9.03. The van der Waals surface area contributed by atoms with E-state index in [-0.39, 0.29) is 33.5 Å². The summed E-state index contributed by atoms with van der Waals surface area (Å²) >= 11 is 0. The Morgan fingerprint density at radius 3 is 2.06 bits per heavy atom. The fourth-order valence-electron chi connectivity index (χ4n) is 3.32. The molecule has 0 saturated heterocycles. The number of benzene rings is 3. The minimum absolute atomic E-state index is 0.0541. The zero-order chi connectivity index (χ0) is 23.5. The first-order valence-corrected chi connectivity index (χ1v) is 12.1. The van der Waals surface area contributed by atoms with E-state index >= 15 is 0 Å². The van der Waals surface area contributed by atoms with Crippen molar-refractivity contribution in [2.24, 2.45) is 0 Å². The minimum atomic E-state index is -3.82. The molecule has 0 radical (unpaired) electrons. The number of nitrogens with one attached hydrogen (secondary N) is 2. The molecule has 0 aromatic heterocycles. The Morgan fingerprint density at radius 1 is 0.875 bits per heavy atom. The predicted octanol–water partition coefficient (Wildman–Crippen LogP) is 5.58. The van der Waals surface area contributed by atoms with E-state index < -0.39 is 10.0 Å². The topological polar surface area (TPSA) is 75.3 Å². The van der Waals surface area contributed by atoms with Crippen molar-refractivity contribution in [1.82, 2.24) is 5.32 Å². The molecule has 3 aromatic carbocycles. The van der Waals surface area contributed by atoms with Gasteiger partial charge in [-0.2, -0.15) is 0 Å². The van der Waals surface area contributed by atoms with Crippen molar-refractivity contribution in [1.29, 1.82) is 0 Å². The number of rotatable bonds is 6. The third kappa shape index (κ3) is 5.56. The van der Waals surface area contributed by atoms with Crippen LogP contribution < -0.4 is 10.0 Å². The zero-order valence-electron chi connectivity index (χ0n) is 19.1. The zero-order valence-corrected chi connectivity index (χ0v) is 20.0. The van der Waals surface area contributed by atoms with Gasteiger partial charge in [0.2, 0.25) is 0 Å². The average molecular weight is 451 g/mol. The molecule has 0 aliphatic rings. The van der Waals surface area contributed by atoms with Gasteiger partial charge in [0, 0.05) is 0 Å². The first kappa shape index (κ1) is 23.5. The van der Waals surface area contributed by atoms with Gasteiger partial charge in [0.25, 0.3) is 15.9 Å². The normalized spacial score (nSPS) is 12.8. The Morgan fingerprint density at radius 2 is 1.47 bits per heavy atom. The first-order chi connectivity index (χ1) is 15.0. The van der Waals surface area contributed by atoms with Crippen LogP contribution in [0.5, 0.6) is 0 Å². The maximum Gasteiger partial charge on any atom is 0.261 e. The number of sulfonamides is 1. The van der Waals surface area contributed by atoms with E-state index in [0.717, 1.165) is 11.1 Å². The SMILES string of the molecule is Cc1ccc(S(=O)(=O)Nc2ccccc2C(=O)N[C@@H](C)c2ccc(C(C)(C)C)cc2)cc1. The largest absolute Gasteiger partial charge is 0.345 e. The van der Waals surface area contributed by atoms with Crippen LogP contribution >= 0.6 is 0 Å². The maximum absolute atomic E-state index is 13.0. The second-order valence-corrected chi connectivity index (χ2v) is 10.7. The van der Waals surface area contributed by atoms with Crippen LogP contribution in [-0.4, -0.2) is 14.3 Å². The lowest BCUT2D eigenvalue weighted by Gasteiger charge is -2.21. The van der Waals surface area contributed by atoms with Crippen molar-refractivity contribution in [3.63, 3.8) is 0 Å². The van der Waals surface area contributed by atoms with E-state index in [2.05, 4.69) is 42.9 Å². The highest BCUT2D eigenvalue weighted by Crippen LogP contribution is 2.25. The number of carbonyl (C=O) groups is 1. The van der Waals surface area contributed by atoms with Gasteiger partial charge >= 0.3 is 0 Å². The summed E-state index contributed by atoms with van der Waals surface area (Å²) in [4.78, 5) is 13.1. The van der Waals surface area contributed by atoms with Crippen LogP contribution in [0, 0.1) is 6.92 Å². The number of para-hydroxylation sites is 1. The molecule has 0 heterocycles. The number of amides is 1. The second kappa shape index (κ2) is 9.17. The van der Waals surface area contributed by atoms with Crippen molar-refractivity contribution in [2.75, 3.05) is 4.72 Å². The molecular weight excluding hydrogens is 420 g/mol. The molecule has 6 heteroatoms. The van der Waals surface area contributed by atoms with E-state index in [1.165, 1.54) is 5.56 Å². The third-order valence-corrected chi connectivity index (χ3v) is 6.75. The molecule has 2 N–H and O–H groups in total. The van der Waals surface area contributed by atoms with E-state index in [4.69, 9.17) is 0 Å². The molecular formula is C26H30N2O3S. The Hall–Kier alpha value is -3.12. The molecule has 0 unspecified atom stereocenters. The number of anilines is 1. The molecule has 3 rings (SSSR count). The first-order valence-electron chi connectivity index (χ1n) is 10.6. The quantitative estimate of drug-likeness (QED) is 0.514. The molecule has 168 valence electrons. The monoisotopic (exact) mass is 450 g/mol. The van der Waals surface area contributed by atoms with Crippen LogP contribution in [0.15, 0.2) is 77.7 Å². The molecule has 0 saturated carbocycles. The standard InChI is InChI=1S/C26H30N2O3S/c1-18-10-16-22(17-11-18)32(30,31)28-24-9-7-6-8-23(24)25(29)27-19(2)20-12-14-21(15-13-20)26(3,4)5/h6-17,19,28H,1-5H3,(H,27,29)/t19-/m0/s1. The highest BCUT2D eigenvalue weighted by molar-refractivity contribution is 7.92. The molecule has 0 bridgehead atoms. The van der Waals surface area contributed by atoms with Crippen LogP contribution in [0.4, 0.5) is 5.69 Å². The molecule has 0 fully saturated rings. The van der Waals surface area contributed by atoms with Gasteiger partial charge in [-0.1, -0.05) is 74.9 Å². The van der Waals surface area contributed by atoms with Gasteiger partial charge in [0.05, 0.1) is 22.2 Å². The van der Waals surface area contributed by atoms with Crippen molar-refractivity contribution in [2.45, 2.75) is 51.0 Å². The number of aryl methyl sites for hydroxylation is 1. The van der Waals surface area contributed by atoms with Crippen molar-refractivity contribution in [3.8, 4) is 0 Å². The van der Waals surface area contributed by atoms with Gasteiger partial charge in [-0.3, -0.25) is 9.52 Å². The highest BCUT2D eigenvalue weighted by atomic mass is 32.2. The molecule has 3 aromatic rings. The lowest BCUT2D eigenvalue weighted by atomic mass is 9.86. The van der Waals surface area contributed by atoms with Gasteiger partial charge in [0.1, 0.15) is 0 Å². The maximum atomic E-state index is 13.0. The van der Waals surface area contributed by atoms with Crippen LogP contribution in [0.25, 0.3) is 0 Å². The summed E-state index contributed by atoms with van der Waals surface area (Å²) < 4.78 is 28.2. The van der Waals surface area contributed by atoms with Crippen molar-refractivity contribution in [3.05, 3.63) is 95.1 Å². The predicted molar refractivity (Wildman–Crippen MR) is 129 cm³/mol. The number of hydrogen-bond acceptors (Lipinski definition) is 3. The van der Waals surface area contributed by atoms with Gasteiger partial charge in [0.15, 0.2) is 0 Å². The van der Waals surface area contributed by atoms with E-state index in [1.807, 2.05) is 26.0 Å². The summed E-state index contributed by atoms with van der Waals surface area (Å²) in [6.45, 7) is 10.3. The Balaban J connectivity index is 1.79. The van der Waals surface area contributed by atoms with Crippen LogP contribution in [0.2, 0.25) is 0 Å². The minimum Gasteiger partial charge on any atom is -0.345 e. The number of carbonyl (C=O) groups excluding carboxylic acids is 1. The van der Waals surface area contributed by atoms with Gasteiger partial charge in [-0.25, -0.2) is 8.42 Å². The summed E-state index contributed by atoms with van der Waals surface area (Å²) in [5.41, 5.74) is 3.72. The van der Waals surface area contributed by atoms with Gasteiger partial charge in [-0.15, -0.1) is 0 Å². The van der Waals surface area contributed by atoms with E-state index in [0.29, 0.717) is 0 Å². The Labute approximate surface area is 190 Å². The number of hydrogen-bond donors (Lipinski definition) is 2. The summed E-state index contributed by atoms with van der Waals surface area (Å²) in [5.74, 6) is -0.348. The lowest BCUT2D eigenvalue weighted by molar-refractivity contribution is 0.0941. The molecule has 1 atom stereocenters. The molecule has 0 spiro atoms. The fraction of sp³-hybridized carbons (Fsp3) is 0.269. The summed E-state index contributed by atoms with van der Waals surface area (Å²) in [6.07, 6.45) is 0. The lowest BCUT2D eigenvalue weighted by Crippen LogP contribution is -2.28. The van der Waals surface area contributed by atoms with Crippen molar-refractivity contribution >= 4 is 21.6 Å². The molecule has 32 heavy (non-hydrogen) atoms. The van der Waals surface area contributed by atoms with Gasteiger partial charge in [-0.05, 0) is 54.7 Å². The molecule has 0 aliphatic carbocycles. The molecule has 5 nitrogen and oxygen atoms in total. The van der Waals surface area contributed by atoms with E-state index in [1.54, 1.807) is 48.5 Å². The summed E-state index contributed by atoms with van der Waals surface area (Å²) in [7, 11) is -3.82. The average Bonchev–Trinajstić information content (AvgIpc) is 2.73. The van der Waals surface area contributed by atoms with Crippen LogP contribution in [-0.2, 0) is 15.4 Å². The fourth-order valence-corrected chi connectivity index (χ4v) is 4.40. The highest BCUT2D eigenvalue weighted by Gasteiger charge is 2.20. The Bertz CT molecular complexity index is 1190. The van der Waals surface area contributed by atoms with Crippen LogP contribution in [0.1, 0.15) is 60.8 Å². The molecule has 0 aliphatic heterocycles.